The van der Waals surface area contributed by atoms with Gasteiger partial charge in [-0.05, 0) is 31.4 Å². The summed E-state index contributed by atoms with van der Waals surface area (Å²) in [7, 11) is 0. The summed E-state index contributed by atoms with van der Waals surface area (Å²) >= 11 is 0. The number of nitrogens with zero attached hydrogens (tertiary/aromatic N) is 1. The number of hydrogen-bond donors (Lipinski definition) is 2. The predicted octanol–water partition coefficient (Wildman–Crippen LogP) is 2.19. The number of benzene rings is 1. The fourth-order valence-corrected chi connectivity index (χ4v) is 2.72. The number of aliphatic hydroxyl groups is 1. The standard InChI is InChI=1S/C17H25FN2O3/c1-13-5-3-6-14(2)15(13)23-10-4-8-19-16(22)20-9-7-17(18,11-20)12-21/h3,5-6,21H,4,7-12H2,1-2H3,(H,19,22)/t17-/m0/s1. The molecule has 23 heavy (non-hydrogen) atoms. The number of aliphatic hydroxyl groups excluding tert-OH is 1. The second-order valence-electron chi connectivity index (χ2n) is 6.14. The number of likely N-dealkylation sites (tertiary alicyclic amines) is 1. The van der Waals surface area contributed by atoms with Crippen molar-refractivity contribution in [3.63, 3.8) is 0 Å². The first-order valence-corrected chi connectivity index (χ1v) is 7.97. The highest BCUT2D eigenvalue weighted by Crippen LogP contribution is 2.25. The number of aryl methyl sites for hydroxylation is 2. The topological polar surface area (TPSA) is 61.8 Å². The molecular formula is C17H25FN2O3. The average Bonchev–Trinajstić information content (AvgIpc) is 2.93. The van der Waals surface area contributed by atoms with Crippen molar-refractivity contribution in [2.24, 2.45) is 0 Å². The van der Waals surface area contributed by atoms with E-state index in [0.717, 1.165) is 16.9 Å². The number of alkyl halides is 1. The number of carbonyl (C=O) groups excluding carboxylic acids is 1. The molecule has 1 heterocycles. The third-order valence-corrected chi connectivity index (χ3v) is 4.13. The molecule has 0 radical (unpaired) electrons. The lowest BCUT2D eigenvalue weighted by atomic mass is 10.1. The quantitative estimate of drug-likeness (QED) is 0.789. The first-order chi connectivity index (χ1) is 10.9. The summed E-state index contributed by atoms with van der Waals surface area (Å²) in [6.07, 6.45) is 0.862. The van der Waals surface area contributed by atoms with Crippen LogP contribution in [0.4, 0.5) is 9.18 Å². The normalized spacial score (nSPS) is 20.6. The molecule has 0 aliphatic carbocycles. The Balaban J connectivity index is 1.67. The summed E-state index contributed by atoms with van der Waals surface area (Å²) in [5.41, 5.74) is 0.534. The minimum atomic E-state index is -1.65. The number of halogens is 1. The van der Waals surface area contributed by atoms with Gasteiger partial charge < -0.3 is 20.1 Å². The van der Waals surface area contributed by atoms with Gasteiger partial charge in [0.15, 0.2) is 5.67 Å². The van der Waals surface area contributed by atoms with E-state index >= 15 is 0 Å². The van der Waals surface area contributed by atoms with Gasteiger partial charge in [0.05, 0.1) is 19.8 Å². The third-order valence-electron chi connectivity index (χ3n) is 4.13. The van der Waals surface area contributed by atoms with E-state index in [0.29, 0.717) is 26.1 Å². The van der Waals surface area contributed by atoms with Crippen LogP contribution >= 0.6 is 0 Å². The van der Waals surface area contributed by atoms with Crippen LogP contribution in [0.5, 0.6) is 5.75 Å². The molecule has 1 aromatic carbocycles. The summed E-state index contributed by atoms with van der Waals surface area (Å²) in [6.45, 7) is 4.73. The van der Waals surface area contributed by atoms with Crippen molar-refractivity contribution in [3.8, 4) is 5.75 Å². The first kappa shape index (κ1) is 17.5. The maximum absolute atomic E-state index is 13.9. The molecule has 0 unspecified atom stereocenters. The van der Waals surface area contributed by atoms with Gasteiger partial charge >= 0.3 is 6.03 Å². The van der Waals surface area contributed by atoms with Crippen molar-refractivity contribution in [2.45, 2.75) is 32.4 Å². The minimum absolute atomic E-state index is 0.0474. The van der Waals surface area contributed by atoms with Gasteiger partial charge in [0, 0.05) is 19.5 Å². The van der Waals surface area contributed by atoms with Gasteiger partial charge in [0.25, 0.3) is 0 Å². The van der Waals surface area contributed by atoms with E-state index in [9.17, 15) is 9.18 Å². The van der Waals surface area contributed by atoms with Crippen LogP contribution < -0.4 is 10.1 Å². The van der Waals surface area contributed by atoms with Crippen LogP contribution in [0.2, 0.25) is 0 Å². The maximum atomic E-state index is 13.9. The van der Waals surface area contributed by atoms with E-state index in [1.807, 2.05) is 32.0 Å². The van der Waals surface area contributed by atoms with Gasteiger partial charge in [-0.1, -0.05) is 18.2 Å². The van der Waals surface area contributed by atoms with Crippen molar-refractivity contribution in [2.75, 3.05) is 32.8 Å². The number of hydrogen-bond acceptors (Lipinski definition) is 3. The van der Waals surface area contributed by atoms with Crippen molar-refractivity contribution in [1.29, 1.82) is 0 Å². The third kappa shape index (κ3) is 4.58. The molecular weight excluding hydrogens is 299 g/mol. The summed E-state index contributed by atoms with van der Waals surface area (Å²) in [5.74, 6) is 0.892. The molecule has 1 aromatic rings. The predicted molar refractivity (Wildman–Crippen MR) is 86.5 cm³/mol. The van der Waals surface area contributed by atoms with Gasteiger partial charge in [-0.15, -0.1) is 0 Å². The molecule has 0 bridgehead atoms. The number of ether oxygens (including phenoxy) is 1. The van der Waals surface area contributed by atoms with E-state index in [-0.39, 0.29) is 19.0 Å². The van der Waals surface area contributed by atoms with Crippen LogP contribution in [-0.4, -0.2) is 54.6 Å². The van der Waals surface area contributed by atoms with Crippen molar-refractivity contribution in [3.05, 3.63) is 29.3 Å². The largest absolute Gasteiger partial charge is 0.493 e. The lowest BCUT2D eigenvalue weighted by molar-refractivity contribution is 0.0805. The summed E-state index contributed by atoms with van der Waals surface area (Å²) in [5, 5.41) is 11.7. The Morgan fingerprint density at radius 2 is 2.13 bits per heavy atom. The average molecular weight is 324 g/mol. The number of nitrogens with one attached hydrogen (secondary N) is 1. The Morgan fingerprint density at radius 1 is 1.43 bits per heavy atom. The Bertz CT molecular complexity index is 532. The Kier molecular flexibility index (Phi) is 5.82. The number of rotatable bonds is 6. The minimum Gasteiger partial charge on any atom is -0.493 e. The van der Waals surface area contributed by atoms with Crippen LogP contribution in [0.25, 0.3) is 0 Å². The monoisotopic (exact) mass is 324 g/mol. The number of carbonyl (C=O) groups is 1. The number of para-hydroxylation sites is 1. The van der Waals surface area contributed by atoms with Gasteiger partial charge in [-0.2, -0.15) is 0 Å². The molecule has 6 heteroatoms. The second-order valence-corrected chi connectivity index (χ2v) is 6.14. The van der Waals surface area contributed by atoms with Crippen molar-refractivity contribution >= 4 is 6.03 Å². The molecule has 128 valence electrons. The SMILES string of the molecule is Cc1cccc(C)c1OCCCNC(=O)N1CC[C@@](F)(CO)C1. The number of amides is 2. The Labute approximate surface area is 136 Å². The molecule has 1 saturated heterocycles. The van der Waals surface area contributed by atoms with Gasteiger partial charge in [0.1, 0.15) is 5.75 Å². The lowest BCUT2D eigenvalue weighted by Crippen LogP contribution is -2.41. The zero-order chi connectivity index (χ0) is 16.9. The van der Waals surface area contributed by atoms with Crippen LogP contribution in [0, 0.1) is 13.8 Å². The molecule has 1 atom stereocenters. The molecule has 2 rings (SSSR count). The molecule has 5 nitrogen and oxygen atoms in total. The van der Waals surface area contributed by atoms with E-state index in [4.69, 9.17) is 9.84 Å². The summed E-state index contributed by atoms with van der Waals surface area (Å²) in [4.78, 5) is 13.3. The van der Waals surface area contributed by atoms with E-state index in [2.05, 4.69) is 5.32 Å². The smallest absolute Gasteiger partial charge is 0.317 e. The van der Waals surface area contributed by atoms with Crippen LogP contribution in [0.15, 0.2) is 18.2 Å². The molecule has 1 aliphatic rings. The van der Waals surface area contributed by atoms with E-state index in [1.165, 1.54) is 4.90 Å². The highest BCUT2D eigenvalue weighted by atomic mass is 19.1. The zero-order valence-corrected chi connectivity index (χ0v) is 13.8. The second kappa shape index (κ2) is 7.64. The van der Waals surface area contributed by atoms with Gasteiger partial charge in [0.2, 0.25) is 0 Å². The van der Waals surface area contributed by atoms with Crippen molar-refractivity contribution in [1.82, 2.24) is 10.2 Å². The maximum Gasteiger partial charge on any atom is 0.317 e. The van der Waals surface area contributed by atoms with Crippen LogP contribution in [-0.2, 0) is 0 Å². The Hall–Kier alpha value is -1.82. The molecule has 2 N–H and O–H groups in total. The zero-order valence-electron chi connectivity index (χ0n) is 13.8. The highest BCUT2D eigenvalue weighted by molar-refractivity contribution is 5.74. The fraction of sp³-hybridized carbons (Fsp3) is 0.588. The van der Waals surface area contributed by atoms with Gasteiger partial charge in [-0.3, -0.25) is 0 Å². The lowest BCUT2D eigenvalue weighted by Gasteiger charge is -2.19. The molecule has 2 amide bonds. The number of urea groups is 1. The first-order valence-electron chi connectivity index (χ1n) is 7.97. The van der Waals surface area contributed by atoms with Crippen LogP contribution in [0.1, 0.15) is 24.0 Å². The highest BCUT2D eigenvalue weighted by Gasteiger charge is 2.39. The van der Waals surface area contributed by atoms with Crippen molar-refractivity contribution < 1.29 is 19.0 Å². The molecule has 0 spiro atoms. The molecule has 0 aromatic heterocycles. The molecule has 0 saturated carbocycles. The Morgan fingerprint density at radius 3 is 2.74 bits per heavy atom. The summed E-state index contributed by atoms with van der Waals surface area (Å²) in [6, 6.07) is 5.71. The fourth-order valence-electron chi connectivity index (χ4n) is 2.72. The summed E-state index contributed by atoms with van der Waals surface area (Å²) < 4.78 is 19.6. The van der Waals surface area contributed by atoms with Crippen LogP contribution in [0.3, 0.4) is 0 Å². The molecule has 1 aliphatic heterocycles. The van der Waals surface area contributed by atoms with E-state index < -0.39 is 12.3 Å². The van der Waals surface area contributed by atoms with Gasteiger partial charge in [-0.25, -0.2) is 9.18 Å². The molecule has 1 fully saturated rings. The van der Waals surface area contributed by atoms with E-state index in [1.54, 1.807) is 0 Å².